The molecule has 30 heavy (non-hydrogen) atoms. The Morgan fingerprint density at radius 1 is 1.00 bits per heavy atom. The van der Waals surface area contributed by atoms with E-state index in [1.54, 1.807) is 30.3 Å². The number of halogens is 1. The Bertz CT molecular complexity index is 1190. The molecule has 1 N–H and O–H groups in total. The lowest BCUT2D eigenvalue weighted by Gasteiger charge is -2.07. The molecular formula is C23H17FN2O4. The monoisotopic (exact) mass is 404 g/mol. The molecule has 0 fully saturated rings. The van der Waals surface area contributed by atoms with E-state index in [9.17, 15) is 14.0 Å². The average molecular weight is 404 g/mol. The summed E-state index contributed by atoms with van der Waals surface area (Å²) in [5.41, 5.74) is 2.48. The summed E-state index contributed by atoms with van der Waals surface area (Å²) in [5, 5.41) is 7.31. The standard InChI is InChI=1S/C23H17FN2O4/c24-18-9-6-15(7-10-18)13-25-21(27)14-29-23(28)17-8-11-20-19(12-17)22(30-26-20)16-4-2-1-3-5-16/h1-12H,13-14H2,(H,25,27). The number of aromatic nitrogens is 1. The number of carbonyl (C=O) groups excluding carboxylic acids is 2. The van der Waals surface area contributed by atoms with E-state index >= 15 is 0 Å². The van der Waals surface area contributed by atoms with Crippen molar-refractivity contribution in [3.63, 3.8) is 0 Å². The zero-order chi connectivity index (χ0) is 20.9. The second-order valence-corrected chi connectivity index (χ2v) is 6.59. The highest BCUT2D eigenvalue weighted by Gasteiger charge is 2.15. The van der Waals surface area contributed by atoms with Crippen LogP contribution in [0.4, 0.5) is 4.39 Å². The van der Waals surface area contributed by atoms with Gasteiger partial charge in [0.25, 0.3) is 5.91 Å². The molecule has 0 atom stereocenters. The second kappa shape index (κ2) is 8.57. The van der Waals surface area contributed by atoms with Crippen molar-refractivity contribution in [2.75, 3.05) is 6.61 Å². The van der Waals surface area contributed by atoms with Gasteiger partial charge in [-0.05, 0) is 35.9 Å². The number of hydrogen-bond acceptors (Lipinski definition) is 5. The molecule has 1 aromatic heterocycles. The van der Waals surface area contributed by atoms with Gasteiger partial charge in [0.2, 0.25) is 0 Å². The van der Waals surface area contributed by atoms with Gasteiger partial charge in [-0.25, -0.2) is 9.18 Å². The number of fused-ring (bicyclic) bond motifs is 1. The number of amides is 1. The highest BCUT2D eigenvalue weighted by atomic mass is 19.1. The average Bonchev–Trinajstić information content (AvgIpc) is 3.21. The van der Waals surface area contributed by atoms with E-state index in [0.29, 0.717) is 16.7 Å². The molecule has 4 rings (SSSR count). The summed E-state index contributed by atoms with van der Waals surface area (Å²) < 4.78 is 23.4. The Labute approximate surface area is 171 Å². The van der Waals surface area contributed by atoms with Crippen LogP contribution in [0.1, 0.15) is 15.9 Å². The molecule has 0 saturated carbocycles. The lowest BCUT2D eigenvalue weighted by Crippen LogP contribution is -2.28. The number of nitrogens with zero attached hydrogens (tertiary/aromatic N) is 1. The summed E-state index contributed by atoms with van der Waals surface area (Å²) >= 11 is 0. The Morgan fingerprint density at radius 2 is 1.77 bits per heavy atom. The minimum absolute atomic E-state index is 0.212. The summed E-state index contributed by atoms with van der Waals surface area (Å²) in [5.74, 6) is -0.880. The van der Waals surface area contributed by atoms with Gasteiger partial charge in [-0.1, -0.05) is 47.6 Å². The molecule has 0 aliphatic rings. The SMILES string of the molecule is O=C(COC(=O)c1ccc2noc(-c3ccccc3)c2c1)NCc1ccc(F)cc1. The maximum Gasteiger partial charge on any atom is 0.338 e. The van der Waals surface area contributed by atoms with Crippen LogP contribution in [0.15, 0.2) is 77.3 Å². The van der Waals surface area contributed by atoms with Crippen LogP contribution in [0.5, 0.6) is 0 Å². The van der Waals surface area contributed by atoms with Crippen molar-refractivity contribution in [3.8, 4) is 11.3 Å². The first kappa shape index (κ1) is 19.3. The van der Waals surface area contributed by atoms with Crippen molar-refractivity contribution in [2.24, 2.45) is 0 Å². The Kier molecular flexibility index (Phi) is 5.52. The fourth-order valence-electron chi connectivity index (χ4n) is 2.93. The molecule has 0 aliphatic heterocycles. The number of rotatable bonds is 6. The number of nitrogens with one attached hydrogen (secondary N) is 1. The summed E-state index contributed by atoms with van der Waals surface area (Å²) in [4.78, 5) is 24.3. The van der Waals surface area contributed by atoms with Crippen molar-refractivity contribution in [1.29, 1.82) is 0 Å². The maximum atomic E-state index is 12.9. The molecule has 0 spiro atoms. The van der Waals surface area contributed by atoms with Crippen molar-refractivity contribution in [3.05, 3.63) is 89.7 Å². The van der Waals surface area contributed by atoms with Gasteiger partial charge in [-0.3, -0.25) is 4.79 Å². The third-order valence-corrected chi connectivity index (χ3v) is 4.49. The molecule has 3 aromatic carbocycles. The van der Waals surface area contributed by atoms with Gasteiger partial charge in [0.15, 0.2) is 12.4 Å². The fourth-order valence-corrected chi connectivity index (χ4v) is 2.93. The van der Waals surface area contributed by atoms with E-state index in [-0.39, 0.29) is 17.9 Å². The molecule has 1 amide bonds. The van der Waals surface area contributed by atoms with E-state index in [1.165, 1.54) is 12.1 Å². The molecule has 0 saturated heterocycles. The van der Waals surface area contributed by atoms with Crippen LogP contribution in [0.2, 0.25) is 0 Å². The first-order chi connectivity index (χ1) is 14.6. The molecule has 4 aromatic rings. The molecule has 0 unspecified atom stereocenters. The Balaban J connectivity index is 1.39. The first-order valence-electron chi connectivity index (χ1n) is 9.23. The van der Waals surface area contributed by atoms with Gasteiger partial charge in [0, 0.05) is 12.1 Å². The van der Waals surface area contributed by atoms with Crippen LogP contribution >= 0.6 is 0 Å². The number of ether oxygens (including phenoxy) is 1. The minimum Gasteiger partial charge on any atom is -0.452 e. The van der Waals surface area contributed by atoms with E-state index < -0.39 is 18.5 Å². The lowest BCUT2D eigenvalue weighted by molar-refractivity contribution is -0.124. The van der Waals surface area contributed by atoms with Crippen molar-refractivity contribution >= 4 is 22.8 Å². The molecular weight excluding hydrogens is 387 g/mol. The second-order valence-electron chi connectivity index (χ2n) is 6.59. The molecule has 6 nitrogen and oxygen atoms in total. The third kappa shape index (κ3) is 4.35. The van der Waals surface area contributed by atoms with Crippen LogP contribution < -0.4 is 5.32 Å². The maximum absolute atomic E-state index is 12.9. The van der Waals surface area contributed by atoms with Crippen LogP contribution in [0.3, 0.4) is 0 Å². The zero-order valence-corrected chi connectivity index (χ0v) is 15.8. The van der Waals surface area contributed by atoms with Gasteiger partial charge in [0.05, 0.1) is 10.9 Å². The predicted molar refractivity (Wildman–Crippen MR) is 108 cm³/mol. The normalized spacial score (nSPS) is 10.7. The molecule has 150 valence electrons. The van der Waals surface area contributed by atoms with Gasteiger partial charge >= 0.3 is 5.97 Å². The van der Waals surface area contributed by atoms with Crippen molar-refractivity contribution in [1.82, 2.24) is 10.5 Å². The lowest BCUT2D eigenvalue weighted by atomic mass is 10.1. The summed E-state index contributed by atoms with van der Waals surface area (Å²) in [6.07, 6.45) is 0. The van der Waals surface area contributed by atoms with Crippen LogP contribution in [0, 0.1) is 5.82 Å². The highest BCUT2D eigenvalue weighted by molar-refractivity contribution is 5.99. The van der Waals surface area contributed by atoms with Crippen molar-refractivity contribution < 1.29 is 23.2 Å². The summed E-state index contributed by atoms with van der Waals surface area (Å²) in [6.45, 7) is -0.211. The number of esters is 1. The fraction of sp³-hybridized carbons (Fsp3) is 0.0870. The molecule has 0 radical (unpaired) electrons. The van der Waals surface area contributed by atoms with Crippen molar-refractivity contribution in [2.45, 2.75) is 6.54 Å². The highest BCUT2D eigenvalue weighted by Crippen LogP contribution is 2.29. The minimum atomic E-state index is -0.631. The van der Waals surface area contributed by atoms with Gasteiger partial charge in [-0.15, -0.1) is 0 Å². The van der Waals surface area contributed by atoms with E-state index in [0.717, 1.165) is 11.1 Å². The predicted octanol–water partition coefficient (Wildman–Crippen LogP) is 4.11. The quantitative estimate of drug-likeness (QED) is 0.489. The molecule has 0 bridgehead atoms. The first-order valence-corrected chi connectivity index (χ1v) is 9.23. The van der Waals surface area contributed by atoms with Gasteiger partial charge < -0.3 is 14.6 Å². The van der Waals surface area contributed by atoms with Gasteiger partial charge in [0.1, 0.15) is 11.3 Å². The summed E-state index contributed by atoms with van der Waals surface area (Å²) in [7, 11) is 0. The molecule has 0 aliphatic carbocycles. The van der Waals surface area contributed by atoms with Crippen LogP contribution in [-0.4, -0.2) is 23.6 Å². The van der Waals surface area contributed by atoms with E-state index in [4.69, 9.17) is 9.26 Å². The van der Waals surface area contributed by atoms with E-state index in [1.807, 2.05) is 30.3 Å². The molecule has 7 heteroatoms. The number of hydrogen-bond donors (Lipinski definition) is 1. The van der Waals surface area contributed by atoms with E-state index in [2.05, 4.69) is 10.5 Å². The smallest absolute Gasteiger partial charge is 0.338 e. The number of carbonyl (C=O) groups is 2. The topological polar surface area (TPSA) is 81.4 Å². The van der Waals surface area contributed by atoms with Gasteiger partial charge in [-0.2, -0.15) is 0 Å². The number of benzene rings is 3. The van der Waals surface area contributed by atoms with Crippen LogP contribution in [0.25, 0.3) is 22.2 Å². The molecule has 1 heterocycles. The Morgan fingerprint density at radius 3 is 2.53 bits per heavy atom. The zero-order valence-electron chi connectivity index (χ0n) is 15.8. The Hall–Kier alpha value is -4.00. The van der Waals surface area contributed by atoms with Crippen LogP contribution in [-0.2, 0) is 16.1 Å². The third-order valence-electron chi connectivity index (χ3n) is 4.49. The largest absolute Gasteiger partial charge is 0.452 e. The summed E-state index contributed by atoms with van der Waals surface area (Å²) in [6, 6.07) is 20.1.